The molecular weight excluding hydrogens is 865 g/mol. The Labute approximate surface area is 434 Å². The molecule has 0 spiro atoms. The van der Waals surface area contributed by atoms with Gasteiger partial charge in [0.15, 0.2) is 6.10 Å². The van der Waals surface area contributed by atoms with E-state index in [2.05, 4.69) is 81.5 Å². The number of unbranched alkanes of at least 4 members (excludes halogenated alkanes) is 34. The molecule has 0 saturated carbocycles. The topological polar surface area (TPSA) is 78.9 Å². The van der Waals surface area contributed by atoms with E-state index in [0.717, 1.165) is 96.3 Å². The molecule has 406 valence electrons. The van der Waals surface area contributed by atoms with Crippen LogP contribution in [-0.2, 0) is 28.6 Å². The van der Waals surface area contributed by atoms with Gasteiger partial charge in [-0.15, -0.1) is 0 Å². The summed E-state index contributed by atoms with van der Waals surface area (Å²) in [6.07, 6.45) is 73.6. The Morgan fingerprint density at radius 1 is 0.286 bits per heavy atom. The molecule has 1 atom stereocenters. The van der Waals surface area contributed by atoms with Crippen LogP contribution in [0.3, 0.4) is 0 Å². The highest BCUT2D eigenvalue weighted by Crippen LogP contribution is 2.15. The Hall–Kier alpha value is -2.89. The predicted octanol–water partition coefficient (Wildman–Crippen LogP) is 20.4. The molecule has 0 aliphatic heterocycles. The summed E-state index contributed by atoms with van der Waals surface area (Å²) in [6, 6.07) is 0. The lowest BCUT2D eigenvalue weighted by Crippen LogP contribution is -2.30. The third kappa shape index (κ3) is 56.0. The fourth-order valence-corrected chi connectivity index (χ4v) is 8.62. The summed E-state index contributed by atoms with van der Waals surface area (Å²) < 4.78 is 16.9. The Kier molecular flexibility index (Phi) is 56.3. The summed E-state index contributed by atoms with van der Waals surface area (Å²) in [7, 11) is 0. The Balaban J connectivity index is 4.34. The lowest BCUT2D eigenvalue weighted by atomic mass is 10.1. The van der Waals surface area contributed by atoms with Crippen LogP contribution in [0, 0.1) is 0 Å². The van der Waals surface area contributed by atoms with Crippen LogP contribution in [-0.4, -0.2) is 37.2 Å². The summed E-state index contributed by atoms with van der Waals surface area (Å²) in [5.41, 5.74) is 0. The minimum Gasteiger partial charge on any atom is -0.462 e. The highest BCUT2D eigenvalue weighted by molar-refractivity contribution is 5.71. The molecule has 0 amide bonds. The zero-order valence-corrected chi connectivity index (χ0v) is 46.5. The van der Waals surface area contributed by atoms with Crippen molar-refractivity contribution in [2.45, 2.75) is 316 Å². The average molecular weight is 980 g/mol. The predicted molar refractivity (Wildman–Crippen MR) is 302 cm³/mol. The first-order chi connectivity index (χ1) is 34.5. The first kappa shape index (κ1) is 67.1. The van der Waals surface area contributed by atoms with Crippen molar-refractivity contribution in [3.63, 3.8) is 0 Å². The molecule has 0 radical (unpaired) electrons. The Bertz CT molecular complexity index is 1260. The number of ether oxygens (including phenoxy) is 3. The van der Waals surface area contributed by atoms with Crippen LogP contribution >= 0.6 is 0 Å². The van der Waals surface area contributed by atoms with Gasteiger partial charge in [0.1, 0.15) is 13.2 Å². The van der Waals surface area contributed by atoms with Crippen LogP contribution < -0.4 is 0 Å². The van der Waals surface area contributed by atoms with Gasteiger partial charge in [-0.25, -0.2) is 0 Å². The molecule has 0 rings (SSSR count). The maximum atomic E-state index is 12.9. The number of hydrogen-bond donors (Lipinski definition) is 0. The average Bonchev–Trinajstić information content (AvgIpc) is 3.36. The minimum atomic E-state index is -0.785. The van der Waals surface area contributed by atoms with E-state index < -0.39 is 6.10 Å². The fourth-order valence-electron chi connectivity index (χ4n) is 8.62. The van der Waals surface area contributed by atoms with Crippen molar-refractivity contribution in [1.82, 2.24) is 0 Å². The van der Waals surface area contributed by atoms with Gasteiger partial charge in [0.2, 0.25) is 0 Å². The zero-order chi connectivity index (χ0) is 50.7. The molecule has 0 aromatic rings. The van der Waals surface area contributed by atoms with Gasteiger partial charge in [0.05, 0.1) is 0 Å². The van der Waals surface area contributed by atoms with E-state index in [0.29, 0.717) is 19.3 Å². The molecule has 0 aliphatic carbocycles. The highest BCUT2D eigenvalue weighted by atomic mass is 16.6. The second kappa shape index (κ2) is 58.7. The van der Waals surface area contributed by atoms with E-state index in [1.54, 1.807) is 0 Å². The Morgan fingerprint density at radius 2 is 0.514 bits per heavy atom. The van der Waals surface area contributed by atoms with E-state index in [1.807, 2.05) is 0 Å². The van der Waals surface area contributed by atoms with E-state index in [1.165, 1.54) is 173 Å². The second-order valence-corrected chi connectivity index (χ2v) is 20.2. The lowest BCUT2D eigenvalue weighted by molar-refractivity contribution is -0.167. The summed E-state index contributed by atoms with van der Waals surface area (Å²) in [5, 5.41) is 0. The molecular formula is C64H114O6. The van der Waals surface area contributed by atoms with Crippen LogP contribution in [0.2, 0.25) is 0 Å². The van der Waals surface area contributed by atoms with Crippen molar-refractivity contribution in [3.05, 3.63) is 60.8 Å². The van der Waals surface area contributed by atoms with Crippen molar-refractivity contribution >= 4 is 17.9 Å². The maximum Gasteiger partial charge on any atom is 0.306 e. The summed E-state index contributed by atoms with van der Waals surface area (Å²) in [4.78, 5) is 38.2. The Morgan fingerprint density at radius 3 is 0.829 bits per heavy atom. The SMILES string of the molecule is CCCCCC/C=C\CCCCCCCC(=O)OCC(COC(=O)CCCCCCCCCC/C=C\C/C=C\C/C=C\CCCCCCC)OC(=O)CCCCCCC/C=C\CCCCCCCCC. The normalized spacial score (nSPS) is 12.4. The molecule has 0 aromatic heterocycles. The van der Waals surface area contributed by atoms with Crippen molar-refractivity contribution < 1.29 is 28.6 Å². The summed E-state index contributed by atoms with van der Waals surface area (Å²) in [5.74, 6) is -0.895. The van der Waals surface area contributed by atoms with Crippen LogP contribution in [0.25, 0.3) is 0 Å². The van der Waals surface area contributed by atoms with Crippen LogP contribution in [0.5, 0.6) is 0 Å². The molecule has 0 bridgehead atoms. The fraction of sp³-hybridized carbons (Fsp3) is 0.797. The third-order valence-corrected chi connectivity index (χ3v) is 13.2. The second-order valence-electron chi connectivity index (χ2n) is 20.2. The largest absolute Gasteiger partial charge is 0.462 e. The molecule has 0 aromatic carbocycles. The number of allylic oxidation sites excluding steroid dienone is 10. The number of carbonyl (C=O) groups is 3. The first-order valence-electron chi connectivity index (χ1n) is 30.3. The standard InChI is InChI=1S/C64H114O6/c1-4-7-10-13-16-19-22-25-27-29-30-31-32-33-34-35-37-39-42-45-48-51-54-57-63(66)69-60-61(59-68-62(65)56-53-50-47-44-41-38-24-21-18-15-12-9-6-3)70-64(67)58-55-52-49-46-43-40-36-28-26-23-20-17-14-11-8-5-2/h21-22,24-25,28-30,32-33,36,61H,4-20,23,26-27,31,34-35,37-60H2,1-3H3/b24-21-,25-22-,30-29-,33-32-,36-28-. The van der Waals surface area contributed by atoms with E-state index in [4.69, 9.17) is 14.2 Å². The summed E-state index contributed by atoms with van der Waals surface area (Å²) in [6.45, 7) is 6.62. The van der Waals surface area contributed by atoms with Crippen LogP contribution in [0.4, 0.5) is 0 Å². The molecule has 0 heterocycles. The molecule has 1 unspecified atom stereocenters. The van der Waals surface area contributed by atoms with E-state index >= 15 is 0 Å². The van der Waals surface area contributed by atoms with Crippen molar-refractivity contribution in [1.29, 1.82) is 0 Å². The van der Waals surface area contributed by atoms with Gasteiger partial charge in [-0.05, 0) is 109 Å². The lowest BCUT2D eigenvalue weighted by Gasteiger charge is -2.18. The molecule has 6 nitrogen and oxygen atoms in total. The summed E-state index contributed by atoms with van der Waals surface area (Å²) >= 11 is 0. The van der Waals surface area contributed by atoms with Gasteiger partial charge in [-0.3, -0.25) is 14.4 Å². The molecule has 6 heteroatoms. The van der Waals surface area contributed by atoms with Gasteiger partial charge in [-0.1, -0.05) is 242 Å². The monoisotopic (exact) mass is 979 g/mol. The van der Waals surface area contributed by atoms with Crippen molar-refractivity contribution in [2.75, 3.05) is 13.2 Å². The molecule has 0 fully saturated rings. The van der Waals surface area contributed by atoms with Gasteiger partial charge >= 0.3 is 17.9 Å². The van der Waals surface area contributed by atoms with Crippen molar-refractivity contribution in [3.8, 4) is 0 Å². The number of rotatable bonds is 55. The quantitative estimate of drug-likeness (QED) is 0.0261. The highest BCUT2D eigenvalue weighted by Gasteiger charge is 2.19. The maximum absolute atomic E-state index is 12.9. The third-order valence-electron chi connectivity index (χ3n) is 13.2. The first-order valence-corrected chi connectivity index (χ1v) is 30.3. The molecule has 0 aliphatic rings. The van der Waals surface area contributed by atoms with Gasteiger partial charge in [0, 0.05) is 19.3 Å². The molecule has 0 N–H and O–H groups in total. The molecule has 0 saturated heterocycles. The minimum absolute atomic E-state index is 0.0830. The van der Waals surface area contributed by atoms with Gasteiger partial charge < -0.3 is 14.2 Å². The van der Waals surface area contributed by atoms with Gasteiger partial charge in [0.25, 0.3) is 0 Å². The van der Waals surface area contributed by atoms with E-state index in [-0.39, 0.29) is 31.1 Å². The smallest absolute Gasteiger partial charge is 0.306 e. The molecule has 70 heavy (non-hydrogen) atoms. The number of hydrogen-bond acceptors (Lipinski definition) is 6. The number of carbonyl (C=O) groups excluding carboxylic acids is 3. The zero-order valence-electron chi connectivity index (χ0n) is 46.5. The van der Waals surface area contributed by atoms with Crippen LogP contribution in [0.1, 0.15) is 310 Å². The van der Waals surface area contributed by atoms with Crippen LogP contribution in [0.15, 0.2) is 60.8 Å². The van der Waals surface area contributed by atoms with Gasteiger partial charge in [-0.2, -0.15) is 0 Å². The number of esters is 3. The van der Waals surface area contributed by atoms with E-state index in [9.17, 15) is 14.4 Å². The van der Waals surface area contributed by atoms with Crippen molar-refractivity contribution in [2.24, 2.45) is 0 Å².